The monoisotopic (exact) mass is 404 g/mol. The first kappa shape index (κ1) is 20.2. The molecule has 1 amide bonds. The number of aliphatic hydroxyl groups is 1. The molecule has 0 aromatic heterocycles. The number of likely N-dealkylation sites (tertiary alicyclic amines) is 1. The molecule has 1 N–H and O–H groups in total. The van der Waals surface area contributed by atoms with Gasteiger partial charge < -0.3 is 10.0 Å². The zero-order valence-corrected chi connectivity index (χ0v) is 17.5. The van der Waals surface area contributed by atoms with Gasteiger partial charge >= 0.3 is 0 Å². The van der Waals surface area contributed by atoms with Gasteiger partial charge in [-0.25, -0.2) is 0 Å². The number of benzene rings is 1. The van der Waals surface area contributed by atoms with Crippen LogP contribution in [0.1, 0.15) is 69.8 Å². The average molecular weight is 405 g/mol. The van der Waals surface area contributed by atoms with Gasteiger partial charge in [0, 0.05) is 36.6 Å². The first-order valence-corrected chi connectivity index (χ1v) is 11.5. The van der Waals surface area contributed by atoms with E-state index in [-0.39, 0.29) is 11.9 Å². The number of rotatable bonds is 7. The largest absolute Gasteiger partial charge is 0.390 e. The van der Waals surface area contributed by atoms with Crippen molar-refractivity contribution in [2.75, 3.05) is 6.54 Å². The lowest BCUT2D eigenvalue weighted by atomic mass is 10.0. The minimum Gasteiger partial charge on any atom is -0.390 e. The molecule has 2 saturated carbocycles. The third kappa shape index (κ3) is 4.39. The van der Waals surface area contributed by atoms with Gasteiger partial charge in [0.05, 0.1) is 12.1 Å². The van der Waals surface area contributed by atoms with E-state index in [1.807, 2.05) is 29.2 Å². The molecule has 1 heterocycles. The van der Waals surface area contributed by atoms with Crippen LogP contribution >= 0.6 is 11.6 Å². The summed E-state index contributed by atoms with van der Waals surface area (Å²) in [5, 5.41) is 11.9. The maximum atomic E-state index is 12.6. The number of nitrogens with zero attached hydrogens (tertiary/aromatic N) is 2. The van der Waals surface area contributed by atoms with Crippen molar-refractivity contribution in [1.82, 2.24) is 9.80 Å². The van der Waals surface area contributed by atoms with Gasteiger partial charge in [-0.1, -0.05) is 55.5 Å². The maximum Gasteiger partial charge on any atom is 0.223 e. The lowest BCUT2D eigenvalue weighted by molar-refractivity contribution is -0.131. The summed E-state index contributed by atoms with van der Waals surface area (Å²) < 4.78 is 0. The molecule has 3 fully saturated rings. The van der Waals surface area contributed by atoms with Gasteiger partial charge in [-0.05, 0) is 43.7 Å². The number of halogens is 1. The van der Waals surface area contributed by atoms with E-state index in [2.05, 4.69) is 4.90 Å². The Morgan fingerprint density at radius 3 is 2.25 bits per heavy atom. The van der Waals surface area contributed by atoms with E-state index < -0.39 is 6.10 Å². The van der Waals surface area contributed by atoms with Crippen LogP contribution in [0, 0.1) is 0 Å². The van der Waals surface area contributed by atoms with Crippen LogP contribution in [0.15, 0.2) is 24.3 Å². The first-order valence-electron chi connectivity index (χ1n) is 11.1. The molecule has 0 radical (unpaired) electrons. The van der Waals surface area contributed by atoms with Crippen molar-refractivity contribution in [3.63, 3.8) is 0 Å². The minimum absolute atomic E-state index is 0.103. The van der Waals surface area contributed by atoms with E-state index >= 15 is 0 Å². The van der Waals surface area contributed by atoms with E-state index in [1.165, 1.54) is 51.4 Å². The fraction of sp³-hybridized carbons (Fsp3) is 0.696. The fourth-order valence-corrected chi connectivity index (χ4v) is 5.77. The molecule has 0 spiro atoms. The Morgan fingerprint density at radius 1 is 1.04 bits per heavy atom. The van der Waals surface area contributed by atoms with Crippen molar-refractivity contribution in [3.8, 4) is 0 Å². The molecule has 1 saturated heterocycles. The number of amides is 1. The van der Waals surface area contributed by atoms with E-state index in [0.29, 0.717) is 36.6 Å². The van der Waals surface area contributed by atoms with Gasteiger partial charge in [-0.3, -0.25) is 9.69 Å². The normalized spacial score (nSPS) is 25.3. The second-order valence-corrected chi connectivity index (χ2v) is 9.27. The number of carbonyl (C=O) groups excluding carboxylic acids is 1. The lowest BCUT2D eigenvalue weighted by Crippen LogP contribution is -2.51. The molecule has 4 nitrogen and oxygen atoms in total. The van der Waals surface area contributed by atoms with Crippen molar-refractivity contribution in [3.05, 3.63) is 34.9 Å². The summed E-state index contributed by atoms with van der Waals surface area (Å²) in [7, 11) is 0. The van der Waals surface area contributed by atoms with Gasteiger partial charge in [-0.15, -0.1) is 0 Å². The molecule has 1 aromatic carbocycles. The average Bonchev–Trinajstić information content (AvgIpc) is 3.45. The van der Waals surface area contributed by atoms with E-state index in [9.17, 15) is 9.90 Å². The second-order valence-electron chi connectivity index (χ2n) is 8.86. The molecule has 4 rings (SSSR count). The van der Waals surface area contributed by atoms with E-state index in [1.54, 1.807) is 0 Å². The lowest BCUT2D eigenvalue weighted by Gasteiger charge is -2.38. The van der Waals surface area contributed by atoms with Gasteiger partial charge in [-0.2, -0.15) is 0 Å². The van der Waals surface area contributed by atoms with Crippen molar-refractivity contribution < 1.29 is 9.90 Å². The minimum atomic E-state index is -0.491. The molecule has 2 aliphatic carbocycles. The Labute approximate surface area is 173 Å². The van der Waals surface area contributed by atoms with Crippen molar-refractivity contribution >= 4 is 17.5 Å². The number of carbonyl (C=O) groups is 1. The van der Waals surface area contributed by atoms with E-state index in [0.717, 1.165) is 12.0 Å². The van der Waals surface area contributed by atoms with Gasteiger partial charge in [0.25, 0.3) is 0 Å². The summed E-state index contributed by atoms with van der Waals surface area (Å²) in [5.74, 6) is 0.136. The van der Waals surface area contributed by atoms with Crippen LogP contribution < -0.4 is 0 Å². The van der Waals surface area contributed by atoms with Crippen LogP contribution in [-0.4, -0.2) is 51.6 Å². The number of hydrogen-bond acceptors (Lipinski definition) is 3. The predicted molar refractivity (Wildman–Crippen MR) is 112 cm³/mol. The highest BCUT2D eigenvalue weighted by Gasteiger charge is 2.39. The number of aliphatic hydroxyl groups excluding tert-OH is 1. The zero-order valence-electron chi connectivity index (χ0n) is 16.7. The highest BCUT2D eigenvalue weighted by molar-refractivity contribution is 6.31. The van der Waals surface area contributed by atoms with Crippen molar-refractivity contribution in [2.45, 2.75) is 95.0 Å². The third-order valence-electron chi connectivity index (χ3n) is 7.10. The van der Waals surface area contributed by atoms with Gasteiger partial charge in [0.15, 0.2) is 0 Å². The molecule has 3 aliphatic rings. The number of hydrogen-bond donors (Lipinski definition) is 1. The first-order chi connectivity index (χ1) is 13.6. The van der Waals surface area contributed by atoms with Gasteiger partial charge in [0.1, 0.15) is 0 Å². The molecule has 28 heavy (non-hydrogen) atoms. The van der Waals surface area contributed by atoms with Crippen LogP contribution in [0.5, 0.6) is 0 Å². The molecule has 5 heteroatoms. The molecular formula is C23H33ClN2O2. The molecule has 0 bridgehead atoms. The fourth-order valence-electron chi connectivity index (χ4n) is 5.58. The summed E-state index contributed by atoms with van der Waals surface area (Å²) in [5.41, 5.74) is 0.958. The Bertz CT molecular complexity index is 654. The van der Waals surface area contributed by atoms with Crippen molar-refractivity contribution in [1.29, 1.82) is 0 Å². The zero-order chi connectivity index (χ0) is 19.5. The summed E-state index contributed by atoms with van der Waals surface area (Å²) in [6, 6.07) is 8.83. The van der Waals surface area contributed by atoms with Crippen LogP contribution in [0.25, 0.3) is 0 Å². The summed E-state index contributed by atoms with van der Waals surface area (Å²) in [6.45, 7) is 1.19. The molecule has 1 aliphatic heterocycles. The molecule has 2 atom stereocenters. The summed E-state index contributed by atoms with van der Waals surface area (Å²) in [6.07, 6.45) is 11.1. The summed E-state index contributed by atoms with van der Waals surface area (Å²) in [4.78, 5) is 17.0. The smallest absolute Gasteiger partial charge is 0.223 e. The van der Waals surface area contributed by atoms with Crippen LogP contribution in [0.4, 0.5) is 0 Å². The Morgan fingerprint density at radius 2 is 1.64 bits per heavy atom. The quantitative estimate of drug-likeness (QED) is 0.733. The predicted octanol–water partition coefficient (Wildman–Crippen LogP) is 4.38. The van der Waals surface area contributed by atoms with Crippen LogP contribution in [0.3, 0.4) is 0 Å². The van der Waals surface area contributed by atoms with Gasteiger partial charge in [0.2, 0.25) is 5.91 Å². The SMILES string of the molecule is O=C1CC[C@@H]([C@H](O)CN(C2CCCC2)C2CCCC2)N1Cc1ccccc1Cl. The molecule has 0 unspecified atom stereocenters. The Hall–Kier alpha value is -1.10. The Kier molecular flexibility index (Phi) is 6.59. The molecular weight excluding hydrogens is 372 g/mol. The van der Waals surface area contributed by atoms with Crippen LogP contribution in [-0.2, 0) is 11.3 Å². The Balaban J connectivity index is 1.46. The van der Waals surface area contributed by atoms with Crippen molar-refractivity contribution in [2.24, 2.45) is 0 Å². The van der Waals surface area contributed by atoms with Crippen LogP contribution in [0.2, 0.25) is 5.02 Å². The van der Waals surface area contributed by atoms with E-state index in [4.69, 9.17) is 11.6 Å². The maximum absolute atomic E-state index is 12.6. The molecule has 154 valence electrons. The highest BCUT2D eigenvalue weighted by Crippen LogP contribution is 2.33. The highest BCUT2D eigenvalue weighted by atomic mass is 35.5. The standard InChI is InChI=1S/C23H33ClN2O2/c24-20-12-6-1-7-17(20)15-26-21(13-14-23(26)28)22(27)16-25(18-8-2-3-9-18)19-10-4-5-11-19/h1,6-7,12,18-19,21-22,27H,2-5,8-11,13-16H2/t21-,22+/m0/s1. The third-order valence-corrected chi connectivity index (χ3v) is 7.47. The summed E-state index contributed by atoms with van der Waals surface area (Å²) >= 11 is 6.33. The second kappa shape index (κ2) is 9.15. The molecule has 1 aromatic rings. The topological polar surface area (TPSA) is 43.8 Å².